The Kier molecular flexibility index (Phi) is 5.62. The molecule has 4 atom stereocenters. The Morgan fingerprint density at radius 2 is 1.85 bits per heavy atom. The van der Waals surface area contributed by atoms with E-state index in [9.17, 15) is 0 Å². The number of hydrogen-bond acceptors (Lipinski definition) is 2. The predicted molar refractivity (Wildman–Crippen MR) is 84.5 cm³/mol. The summed E-state index contributed by atoms with van der Waals surface area (Å²) in [5.74, 6) is 1.22. The molecule has 2 heteroatoms. The number of ether oxygens (including phenoxy) is 1. The molecule has 4 unspecified atom stereocenters. The Bertz CT molecular complexity index is 390. The van der Waals surface area contributed by atoms with E-state index in [1.165, 1.54) is 31.2 Å². The minimum atomic E-state index is -0.0339. The molecule has 1 aliphatic carbocycles. The predicted octanol–water partition coefficient (Wildman–Crippen LogP) is 4.31. The van der Waals surface area contributed by atoms with Crippen LogP contribution in [0.4, 0.5) is 0 Å². The molecule has 0 bridgehead atoms. The smallest absolute Gasteiger partial charge is 0.0794 e. The molecule has 2 nitrogen and oxygen atoms in total. The third-order valence-electron chi connectivity index (χ3n) is 4.43. The van der Waals surface area contributed by atoms with Gasteiger partial charge >= 0.3 is 0 Å². The number of rotatable bonds is 5. The minimum Gasteiger partial charge on any atom is -0.373 e. The Morgan fingerprint density at radius 3 is 2.45 bits per heavy atom. The molecule has 112 valence electrons. The van der Waals surface area contributed by atoms with Crippen LogP contribution in [0.15, 0.2) is 30.3 Å². The SMILES string of the molecule is CC1CCCC(OC(C(C)C)C(N)c2ccccc2)C1. The highest BCUT2D eigenvalue weighted by molar-refractivity contribution is 5.19. The van der Waals surface area contributed by atoms with Crippen LogP contribution in [0.3, 0.4) is 0 Å². The van der Waals surface area contributed by atoms with E-state index >= 15 is 0 Å². The van der Waals surface area contributed by atoms with Crippen LogP contribution < -0.4 is 5.73 Å². The summed E-state index contributed by atoms with van der Waals surface area (Å²) in [7, 11) is 0. The summed E-state index contributed by atoms with van der Waals surface area (Å²) >= 11 is 0. The lowest BCUT2D eigenvalue weighted by atomic mass is 9.87. The summed E-state index contributed by atoms with van der Waals surface area (Å²) in [6.07, 6.45) is 5.50. The van der Waals surface area contributed by atoms with Crippen LogP contribution in [0.1, 0.15) is 58.1 Å². The van der Waals surface area contributed by atoms with Crippen LogP contribution in [0.25, 0.3) is 0 Å². The molecule has 0 aromatic heterocycles. The van der Waals surface area contributed by atoms with Crippen molar-refractivity contribution in [3.63, 3.8) is 0 Å². The second-order valence-corrected chi connectivity index (χ2v) is 6.67. The Labute approximate surface area is 123 Å². The largest absolute Gasteiger partial charge is 0.373 e. The summed E-state index contributed by atoms with van der Waals surface area (Å²) in [6.45, 7) is 6.75. The maximum absolute atomic E-state index is 6.47. The Morgan fingerprint density at radius 1 is 1.15 bits per heavy atom. The van der Waals surface area contributed by atoms with Crippen LogP contribution in [-0.4, -0.2) is 12.2 Å². The zero-order chi connectivity index (χ0) is 14.5. The molecule has 0 aliphatic heterocycles. The van der Waals surface area contributed by atoms with Crippen LogP contribution >= 0.6 is 0 Å². The van der Waals surface area contributed by atoms with Gasteiger partial charge in [0.2, 0.25) is 0 Å². The van der Waals surface area contributed by atoms with Crippen molar-refractivity contribution < 1.29 is 4.74 Å². The number of benzene rings is 1. The zero-order valence-electron chi connectivity index (χ0n) is 13.1. The molecule has 1 saturated carbocycles. The van der Waals surface area contributed by atoms with Crippen molar-refractivity contribution in [1.29, 1.82) is 0 Å². The molecule has 1 aromatic rings. The first-order chi connectivity index (χ1) is 9.58. The fourth-order valence-electron chi connectivity index (χ4n) is 3.25. The van der Waals surface area contributed by atoms with Crippen molar-refractivity contribution in [2.45, 2.75) is 64.7 Å². The van der Waals surface area contributed by atoms with Gasteiger partial charge in [0.05, 0.1) is 18.2 Å². The van der Waals surface area contributed by atoms with E-state index in [1.54, 1.807) is 0 Å². The molecule has 1 aromatic carbocycles. The molecule has 0 amide bonds. The van der Waals surface area contributed by atoms with Crippen molar-refractivity contribution in [2.24, 2.45) is 17.6 Å². The third-order valence-corrected chi connectivity index (χ3v) is 4.43. The van der Waals surface area contributed by atoms with Gasteiger partial charge in [-0.05, 0) is 30.2 Å². The van der Waals surface area contributed by atoms with Gasteiger partial charge in [-0.1, -0.05) is 63.9 Å². The molecule has 1 fully saturated rings. The van der Waals surface area contributed by atoms with Gasteiger partial charge in [-0.3, -0.25) is 0 Å². The molecule has 0 heterocycles. The average Bonchev–Trinajstić information content (AvgIpc) is 2.45. The van der Waals surface area contributed by atoms with Gasteiger partial charge in [-0.2, -0.15) is 0 Å². The minimum absolute atomic E-state index is 0.0339. The van der Waals surface area contributed by atoms with E-state index in [0.717, 1.165) is 5.92 Å². The average molecular weight is 275 g/mol. The second-order valence-electron chi connectivity index (χ2n) is 6.67. The van der Waals surface area contributed by atoms with Gasteiger partial charge in [0.1, 0.15) is 0 Å². The molecule has 20 heavy (non-hydrogen) atoms. The van der Waals surface area contributed by atoms with Gasteiger partial charge < -0.3 is 10.5 Å². The molecular weight excluding hydrogens is 246 g/mol. The first kappa shape index (κ1) is 15.5. The highest BCUT2D eigenvalue weighted by Crippen LogP contribution is 2.30. The van der Waals surface area contributed by atoms with Crippen molar-refractivity contribution in [3.8, 4) is 0 Å². The standard InChI is InChI=1S/C18H29NO/c1-13(2)18(17(19)15-9-5-4-6-10-15)20-16-11-7-8-14(3)12-16/h4-6,9-10,13-14,16-18H,7-8,11-12,19H2,1-3H3. The summed E-state index contributed by atoms with van der Waals surface area (Å²) in [4.78, 5) is 0. The normalized spacial score (nSPS) is 26.4. The van der Waals surface area contributed by atoms with Crippen LogP contribution in [-0.2, 0) is 4.74 Å². The van der Waals surface area contributed by atoms with E-state index < -0.39 is 0 Å². The Balaban J connectivity index is 2.03. The van der Waals surface area contributed by atoms with Crippen LogP contribution in [0.5, 0.6) is 0 Å². The van der Waals surface area contributed by atoms with E-state index in [4.69, 9.17) is 10.5 Å². The third kappa shape index (κ3) is 4.07. The molecular formula is C18H29NO. The van der Waals surface area contributed by atoms with Crippen molar-refractivity contribution in [2.75, 3.05) is 0 Å². The molecule has 0 spiro atoms. The maximum Gasteiger partial charge on any atom is 0.0794 e. The lowest BCUT2D eigenvalue weighted by molar-refractivity contribution is -0.0698. The lowest BCUT2D eigenvalue weighted by Crippen LogP contribution is -2.37. The van der Waals surface area contributed by atoms with E-state index in [-0.39, 0.29) is 12.1 Å². The molecule has 2 N–H and O–H groups in total. The first-order valence-electron chi connectivity index (χ1n) is 8.04. The first-order valence-corrected chi connectivity index (χ1v) is 8.04. The summed E-state index contributed by atoms with van der Waals surface area (Å²) in [5.41, 5.74) is 7.64. The van der Waals surface area contributed by atoms with E-state index in [1.807, 2.05) is 6.07 Å². The monoisotopic (exact) mass is 275 g/mol. The van der Waals surface area contributed by atoms with Gasteiger partial charge in [-0.15, -0.1) is 0 Å². The fourth-order valence-corrected chi connectivity index (χ4v) is 3.25. The highest BCUT2D eigenvalue weighted by Gasteiger charge is 2.28. The molecule has 0 radical (unpaired) electrons. The van der Waals surface area contributed by atoms with Crippen molar-refractivity contribution >= 4 is 0 Å². The van der Waals surface area contributed by atoms with Gasteiger partial charge in [0.25, 0.3) is 0 Å². The zero-order valence-corrected chi connectivity index (χ0v) is 13.1. The van der Waals surface area contributed by atoms with E-state index in [0.29, 0.717) is 12.0 Å². The lowest BCUT2D eigenvalue weighted by Gasteiger charge is -2.35. The molecule has 0 saturated heterocycles. The quantitative estimate of drug-likeness (QED) is 0.869. The summed E-state index contributed by atoms with van der Waals surface area (Å²) < 4.78 is 6.41. The number of nitrogens with two attached hydrogens (primary N) is 1. The Hall–Kier alpha value is -0.860. The highest BCUT2D eigenvalue weighted by atomic mass is 16.5. The van der Waals surface area contributed by atoms with Crippen molar-refractivity contribution in [3.05, 3.63) is 35.9 Å². The summed E-state index contributed by atoms with van der Waals surface area (Å²) in [6, 6.07) is 10.3. The van der Waals surface area contributed by atoms with Crippen LogP contribution in [0, 0.1) is 11.8 Å². The van der Waals surface area contributed by atoms with Crippen LogP contribution in [0.2, 0.25) is 0 Å². The van der Waals surface area contributed by atoms with Crippen molar-refractivity contribution in [1.82, 2.24) is 0 Å². The van der Waals surface area contributed by atoms with Gasteiger partial charge in [-0.25, -0.2) is 0 Å². The number of hydrogen-bond donors (Lipinski definition) is 1. The molecule has 2 rings (SSSR count). The topological polar surface area (TPSA) is 35.2 Å². The molecule has 1 aliphatic rings. The maximum atomic E-state index is 6.47. The summed E-state index contributed by atoms with van der Waals surface area (Å²) in [5, 5.41) is 0. The van der Waals surface area contributed by atoms with E-state index in [2.05, 4.69) is 45.0 Å². The fraction of sp³-hybridized carbons (Fsp3) is 0.667. The van der Waals surface area contributed by atoms with Gasteiger partial charge in [0.15, 0.2) is 0 Å². The second kappa shape index (κ2) is 7.24. The van der Waals surface area contributed by atoms with Gasteiger partial charge in [0, 0.05) is 0 Å².